The molecule has 444 valence electrons. The molecule has 0 saturated heterocycles. The van der Waals surface area contributed by atoms with Gasteiger partial charge in [0, 0.05) is 0 Å². The Hall–Kier alpha value is -4.62. The molecule has 0 aromatic rings. The standard InChI is InChI=1S/C56H82O21.C2H4/c1-9-17-57-25-26-64-39-51(70-33-27-58-18-10-2)40-65-41-52(71-34-28-59-19-11-3)42-66-43-53(72-35-29-60-20-12-4)44-67-45-54(73-36-30-61-21-13-5)46-68-47-55(74-37-31-62-22-14-6)48-69-49-56(50-77-76-24-16-8)75-38-32-63-23-15-7;1-2/h1-8,51-56H,17-50H2;1-2H2. The highest BCUT2D eigenvalue weighted by molar-refractivity contribution is 4.86. The van der Waals surface area contributed by atoms with Gasteiger partial charge in [-0.1, -0.05) is 47.4 Å². The van der Waals surface area contributed by atoms with E-state index in [9.17, 15) is 0 Å². The van der Waals surface area contributed by atoms with E-state index in [-0.39, 0.29) is 205 Å². The quantitative estimate of drug-likeness (QED) is 0.0278. The van der Waals surface area contributed by atoms with Gasteiger partial charge in [0.1, 0.15) is 96.1 Å². The van der Waals surface area contributed by atoms with Gasteiger partial charge in [-0.05, 0) is 0 Å². The van der Waals surface area contributed by atoms with Crippen LogP contribution < -0.4 is 0 Å². The summed E-state index contributed by atoms with van der Waals surface area (Å²) in [6, 6.07) is 0. The highest BCUT2D eigenvalue weighted by Gasteiger charge is 2.20. The normalized spacial score (nSPS) is 13.0. The maximum atomic E-state index is 6.17. The minimum absolute atomic E-state index is 0.0291. The lowest BCUT2D eigenvalue weighted by atomic mass is 10.3. The summed E-state index contributed by atoms with van der Waals surface area (Å²) in [4.78, 5) is 10.2. The van der Waals surface area contributed by atoms with Crippen molar-refractivity contribution >= 4 is 0 Å². The molecule has 6 unspecified atom stereocenters. The molecule has 21 nitrogen and oxygen atoms in total. The van der Waals surface area contributed by atoms with Crippen molar-refractivity contribution in [1.82, 2.24) is 0 Å². The molecule has 0 saturated carbocycles. The second-order valence-corrected chi connectivity index (χ2v) is 15.3. The second-order valence-electron chi connectivity index (χ2n) is 15.3. The predicted molar refractivity (Wildman–Crippen MR) is 293 cm³/mol. The van der Waals surface area contributed by atoms with Crippen LogP contribution in [0.25, 0.3) is 0 Å². The van der Waals surface area contributed by atoms with Crippen molar-refractivity contribution in [1.29, 1.82) is 0 Å². The van der Waals surface area contributed by atoms with Crippen molar-refractivity contribution in [3.8, 4) is 98.8 Å². The number of rotatable bonds is 60. The van der Waals surface area contributed by atoms with Gasteiger partial charge in [-0.3, -0.25) is 0 Å². The van der Waals surface area contributed by atoms with Crippen molar-refractivity contribution in [2.24, 2.45) is 0 Å². The molecule has 0 fully saturated rings. The molecule has 0 aliphatic heterocycles. The fourth-order valence-corrected chi connectivity index (χ4v) is 5.61. The zero-order valence-corrected chi connectivity index (χ0v) is 46.1. The van der Waals surface area contributed by atoms with Crippen LogP contribution in [0.5, 0.6) is 0 Å². The lowest BCUT2D eigenvalue weighted by Crippen LogP contribution is -2.35. The Labute approximate surface area is 471 Å². The maximum absolute atomic E-state index is 6.17. The monoisotopic (exact) mass is 1120 g/mol. The average Bonchev–Trinajstić information content (AvgIpc) is 3.46. The third kappa shape index (κ3) is 56.5. The number of hydrogen-bond acceptors (Lipinski definition) is 21. The number of hydrogen-bond donors (Lipinski definition) is 0. The minimum Gasteiger partial charge on any atom is -0.376 e. The molecule has 21 heteroatoms. The van der Waals surface area contributed by atoms with Crippen LogP contribution in [0.15, 0.2) is 13.2 Å². The molecule has 0 bridgehead atoms. The fourth-order valence-electron chi connectivity index (χ4n) is 5.61. The number of terminal acetylenes is 8. The van der Waals surface area contributed by atoms with Crippen LogP contribution >= 0.6 is 0 Å². The molecule has 0 rings (SSSR count). The van der Waals surface area contributed by atoms with Crippen LogP contribution in [0.1, 0.15) is 0 Å². The summed E-state index contributed by atoms with van der Waals surface area (Å²) < 4.78 is 110. The van der Waals surface area contributed by atoms with Crippen molar-refractivity contribution in [3.05, 3.63) is 13.2 Å². The molecule has 0 amide bonds. The average molecular weight is 1120 g/mol. The van der Waals surface area contributed by atoms with E-state index in [0.29, 0.717) is 19.8 Å². The highest BCUT2D eigenvalue weighted by atomic mass is 17.2. The summed E-state index contributed by atoms with van der Waals surface area (Å²) in [5.74, 6) is 19.3. The SMILES string of the molecule is C#CCOCCOCC(COCC(COCC(COCC(COCC(COCC(COOCC#C)OCCOCC#C)OCCOCC#C)OCCOCC#C)OCCOCC#C)OCCOCC#C)OCCOCC#C.C=C. The van der Waals surface area contributed by atoms with E-state index >= 15 is 0 Å². The largest absolute Gasteiger partial charge is 0.376 e. The van der Waals surface area contributed by atoms with Crippen LogP contribution in [0.4, 0.5) is 0 Å². The molecule has 79 heavy (non-hydrogen) atoms. The lowest BCUT2D eigenvalue weighted by Gasteiger charge is -2.24. The molecule has 0 N–H and O–H groups in total. The van der Waals surface area contributed by atoms with Crippen LogP contribution in [0, 0.1) is 98.8 Å². The Balaban J connectivity index is 0. The van der Waals surface area contributed by atoms with E-state index in [1.165, 1.54) is 0 Å². The van der Waals surface area contributed by atoms with Crippen LogP contribution in [-0.2, 0) is 99.8 Å². The first-order valence-electron chi connectivity index (χ1n) is 25.4. The molecule has 6 atom stereocenters. The van der Waals surface area contributed by atoms with Crippen molar-refractivity contribution in [2.45, 2.75) is 36.6 Å². The summed E-state index contributed by atoms with van der Waals surface area (Å²) in [5, 5.41) is 0. The van der Waals surface area contributed by atoms with E-state index in [1.54, 1.807) is 0 Å². The van der Waals surface area contributed by atoms with Gasteiger partial charge >= 0.3 is 0 Å². The van der Waals surface area contributed by atoms with E-state index < -0.39 is 36.6 Å². The van der Waals surface area contributed by atoms with E-state index in [0.717, 1.165) is 0 Å². The Morgan fingerprint density at radius 3 is 0.595 bits per heavy atom. The van der Waals surface area contributed by atoms with Gasteiger partial charge < -0.3 is 90.0 Å². The third-order valence-electron chi connectivity index (χ3n) is 8.98. The Morgan fingerprint density at radius 2 is 0.380 bits per heavy atom. The molecular formula is C58H86O21. The van der Waals surface area contributed by atoms with E-state index in [1.807, 2.05) is 0 Å². The molecular weight excluding hydrogens is 1030 g/mol. The first-order valence-corrected chi connectivity index (χ1v) is 25.4. The molecule has 0 aromatic heterocycles. The second kappa shape index (κ2) is 65.9. The van der Waals surface area contributed by atoms with E-state index in [4.69, 9.17) is 151 Å². The minimum atomic E-state index is -0.567. The Morgan fingerprint density at radius 1 is 0.203 bits per heavy atom. The van der Waals surface area contributed by atoms with Gasteiger partial charge in [0.2, 0.25) is 0 Å². The topological polar surface area (TPSA) is 194 Å². The smallest absolute Gasteiger partial charge is 0.142 e. The molecule has 0 aliphatic rings. The van der Waals surface area contributed by atoms with Crippen LogP contribution in [0.3, 0.4) is 0 Å². The van der Waals surface area contributed by atoms with Gasteiger partial charge in [0.25, 0.3) is 0 Å². The first kappa shape index (κ1) is 76.4. The van der Waals surface area contributed by atoms with Gasteiger partial charge in [-0.15, -0.1) is 64.5 Å². The zero-order valence-electron chi connectivity index (χ0n) is 46.1. The summed E-state index contributed by atoms with van der Waals surface area (Å²) in [6.07, 6.45) is 39.2. The summed E-state index contributed by atoms with van der Waals surface area (Å²) >= 11 is 0. The lowest BCUT2D eigenvalue weighted by molar-refractivity contribution is -0.301. The summed E-state index contributed by atoms with van der Waals surface area (Å²) in [6.45, 7) is 11.9. The van der Waals surface area contributed by atoms with Gasteiger partial charge in [-0.25, -0.2) is 9.78 Å². The molecule has 0 aromatic carbocycles. The van der Waals surface area contributed by atoms with Gasteiger partial charge in [-0.2, -0.15) is 0 Å². The first-order chi connectivity index (χ1) is 39.0. The summed E-state index contributed by atoms with van der Waals surface area (Å²) in [5.41, 5.74) is 0. The Kier molecular flexibility index (Phi) is 63.8. The fraction of sp³-hybridized carbons (Fsp3) is 0.690. The summed E-state index contributed by atoms with van der Waals surface area (Å²) in [7, 11) is 0. The molecule has 0 radical (unpaired) electrons. The third-order valence-corrected chi connectivity index (χ3v) is 8.98. The van der Waals surface area contributed by atoms with Crippen molar-refractivity contribution < 1.29 is 99.8 Å². The predicted octanol–water partition coefficient (Wildman–Crippen LogP) is 1.33. The van der Waals surface area contributed by atoms with E-state index in [2.05, 4.69) is 60.5 Å². The molecule has 0 spiro atoms. The van der Waals surface area contributed by atoms with Crippen molar-refractivity contribution in [3.63, 3.8) is 0 Å². The van der Waals surface area contributed by atoms with Crippen LogP contribution in [0.2, 0.25) is 0 Å². The van der Waals surface area contributed by atoms with Crippen LogP contribution in [-0.4, -0.2) is 261 Å². The Bertz CT molecular complexity index is 1680. The molecule has 0 heterocycles. The highest BCUT2D eigenvalue weighted by Crippen LogP contribution is 2.07. The van der Waals surface area contributed by atoms with Gasteiger partial charge in [0.15, 0.2) is 0 Å². The molecule has 0 aliphatic carbocycles. The van der Waals surface area contributed by atoms with Crippen molar-refractivity contribution in [2.75, 3.05) is 225 Å². The van der Waals surface area contributed by atoms with Gasteiger partial charge in [0.05, 0.1) is 165 Å². The zero-order chi connectivity index (χ0) is 58.0. The maximum Gasteiger partial charge on any atom is 0.142 e. The number of ether oxygens (including phenoxy) is 19.